The van der Waals surface area contributed by atoms with E-state index in [1.807, 2.05) is 0 Å². The molecule has 19 heavy (non-hydrogen) atoms. The molecule has 0 bridgehead atoms. The lowest BCUT2D eigenvalue weighted by molar-refractivity contribution is -0.142. The van der Waals surface area contributed by atoms with Crippen molar-refractivity contribution in [2.45, 2.75) is 25.6 Å². The zero-order chi connectivity index (χ0) is 14.0. The first kappa shape index (κ1) is 13.5. The SMILES string of the molecule is C[C@@H](c1ccn(CC(F)(F)F)n1)c1ccncc1F. The zero-order valence-electron chi connectivity index (χ0n) is 10.0. The van der Waals surface area contributed by atoms with E-state index in [-0.39, 0.29) is 0 Å². The number of rotatable bonds is 3. The van der Waals surface area contributed by atoms with Crippen LogP contribution in [0.15, 0.2) is 30.7 Å². The van der Waals surface area contributed by atoms with Crippen LogP contribution in [0.2, 0.25) is 0 Å². The van der Waals surface area contributed by atoms with E-state index >= 15 is 0 Å². The van der Waals surface area contributed by atoms with Gasteiger partial charge in [-0.15, -0.1) is 0 Å². The number of nitrogens with zero attached hydrogens (tertiary/aromatic N) is 3. The van der Waals surface area contributed by atoms with Gasteiger partial charge in [0, 0.05) is 18.3 Å². The summed E-state index contributed by atoms with van der Waals surface area (Å²) in [6, 6.07) is 2.94. The van der Waals surface area contributed by atoms with Gasteiger partial charge < -0.3 is 0 Å². The van der Waals surface area contributed by atoms with E-state index in [9.17, 15) is 17.6 Å². The van der Waals surface area contributed by atoms with E-state index in [4.69, 9.17) is 0 Å². The predicted molar refractivity (Wildman–Crippen MR) is 60.0 cm³/mol. The summed E-state index contributed by atoms with van der Waals surface area (Å²) in [5, 5.41) is 3.82. The van der Waals surface area contributed by atoms with Gasteiger partial charge in [0.2, 0.25) is 0 Å². The average Bonchev–Trinajstić information content (AvgIpc) is 2.75. The van der Waals surface area contributed by atoms with Crippen molar-refractivity contribution in [3.05, 3.63) is 47.8 Å². The minimum Gasteiger partial charge on any atom is -0.263 e. The van der Waals surface area contributed by atoms with Crippen molar-refractivity contribution in [2.75, 3.05) is 0 Å². The quantitative estimate of drug-likeness (QED) is 0.804. The molecule has 2 rings (SSSR count). The second-order valence-corrected chi connectivity index (χ2v) is 4.17. The van der Waals surface area contributed by atoms with Crippen molar-refractivity contribution in [3.8, 4) is 0 Å². The van der Waals surface area contributed by atoms with Crippen molar-refractivity contribution in [3.63, 3.8) is 0 Å². The molecule has 0 saturated heterocycles. The standard InChI is InChI=1S/C12H11F4N3/c1-8(9-2-4-17-6-10(9)13)11-3-5-19(18-11)7-12(14,15)16/h2-6,8H,7H2,1H3/t8-/m1/s1. The molecule has 7 heteroatoms. The molecule has 1 atom stereocenters. The third kappa shape index (κ3) is 3.30. The fourth-order valence-electron chi connectivity index (χ4n) is 1.78. The highest BCUT2D eigenvalue weighted by molar-refractivity contribution is 5.26. The zero-order valence-corrected chi connectivity index (χ0v) is 10.0. The maximum Gasteiger partial charge on any atom is 0.408 e. The number of halogens is 4. The highest BCUT2D eigenvalue weighted by Gasteiger charge is 2.28. The molecule has 0 amide bonds. The van der Waals surface area contributed by atoms with Gasteiger partial charge in [-0.05, 0) is 17.7 Å². The molecule has 0 fully saturated rings. The van der Waals surface area contributed by atoms with Crippen LogP contribution in [-0.2, 0) is 6.54 Å². The molecule has 2 aromatic heterocycles. The molecule has 3 nitrogen and oxygen atoms in total. The first-order valence-corrected chi connectivity index (χ1v) is 5.56. The van der Waals surface area contributed by atoms with Gasteiger partial charge in [0.25, 0.3) is 0 Å². The molecule has 0 spiro atoms. The van der Waals surface area contributed by atoms with Crippen LogP contribution in [0, 0.1) is 5.82 Å². The van der Waals surface area contributed by atoms with Crippen molar-refractivity contribution in [1.82, 2.24) is 14.8 Å². The van der Waals surface area contributed by atoms with Gasteiger partial charge >= 0.3 is 6.18 Å². The summed E-state index contributed by atoms with van der Waals surface area (Å²) < 4.78 is 51.0. The number of alkyl halides is 3. The lowest BCUT2D eigenvalue weighted by Gasteiger charge is -2.10. The van der Waals surface area contributed by atoms with Crippen molar-refractivity contribution < 1.29 is 17.6 Å². The van der Waals surface area contributed by atoms with Gasteiger partial charge in [0.15, 0.2) is 0 Å². The number of pyridine rings is 1. The molecule has 0 N–H and O–H groups in total. The Morgan fingerprint density at radius 2 is 2.05 bits per heavy atom. The van der Waals surface area contributed by atoms with E-state index < -0.39 is 24.5 Å². The fraction of sp³-hybridized carbons (Fsp3) is 0.333. The van der Waals surface area contributed by atoms with E-state index in [1.54, 1.807) is 6.92 Å². The molecular weight excluding hydrogens is 262 g/mol. The minimum absolute atomic E-state index is 0.354. The number of hydrogen-bond acceptors (Lipinski definition) is 2. The van der Waals surface area contributed by atoms with E-state index in [1.165, 1.54) is 24.5 Å². The highest BCUT2D eigenvalue weighted by Crippen LogP contribution is 2.25. The van der Waals surface area contributed by atoms with Gasteiger partial charge in [-0.3, -0.25) is 9.67 Å². The van der Waals surface area contributed by atoms with Crippen LogP contribution in [0.25, 0.3) is 0 Å². The first-order chi connectivity index (χ1) is 8.87. The lowest BCUT2D eigenvalue weighted by atomic mass is 9.99. The van der Waals surface area contributed by atoms with Gasteiger partial charge in [-0.2, -0.15) is 18.3 Å². The predicted octanol–water partition coefficient (Wildman–Crippen LogP) is 3.13. The first-order valence-electron chi connectivity index (χ1n) is 5.56. The molecule has 2 aromatic rings. The van der Waals surface area contributed by atoms with Gasteiger partial charge in [0.05, 0.1) is 11.9 Å². The van der Waals surface area contributed by atoms with Crippen LogP contribution in [-0.4, -0.2) is 20.9 Å². The molecule has 0 unspecified atom stereocenters. The Morgan fingerprint density at radius 1 is 1.32 bits per heavy atom. The van der Waals surface area contributed by atoms with Crippen LogP contribution in [0.5, 0.6) is 0 Å². The lowest BCUT2D eigenvalue weighted by Crippen LogP contribution is -2.18. The molecule has 102 valence electrons. The Kier molecular flexibility index (Phi) is 3.55. The third-order valence-electron chi connectivity index (χ3n) is 2.72. The molecule has 2 heterocycles. The summed E-state index contributed by atoms with van der Waals surface area (Å²) in [7, 11) is 0. The summed E-state index contributed by atoms with van der Waals surface area (Å²) in [6.45, 7) is 0.525. The smallest absolute Gasteiger partial charge is 0.263 e. The summed E-state index contributed by atoms with van der Waals surface area (Å²) in [5.74, 6) is -0.933. The molecule has 0 aliphatic rings. The van der Waals surface area contributed by atoms with Gasteiger partial charge in [-0.25, -0.2) is 4.39 Å². The molecule has 0 aliphatic carbocycles. The van der Waals surface area contributed by atoms with Gasteiger partial charge in [-0.1, -0.05) is 6.92 Å². The summed E-state index contributed by atoms with van der Waals surface area (Å²) in [6.07, 6.45) is -0.590. The molecule has 0 radical (unpaired) electrons. The Balaban J connectivity index is 2.21. The summed E-state index contributed by atoms with van der Waals surface area (Å²) >= 11 is 0. The molecule has 0 saturated carbocycles. The number of aromatic nitrogens is 3. The monoisotopic (exact) mass is 273 g/mol. The fourth-order valence-corrected chi connectivity index (χ4v) is 1.78. The third-order valence-corrected chi connectivity index (χ3v) is 2.72. The van der Waals surface area contributed by atoms with E-state index in [2.05, 4.69) is 10.1 Å². The van der Waals surface area contributed by atoms with Crippen LogP contribution in [0.4, 0.5) is 17.6 Å². The minimum atomic E-state index is -4.32. The van der Waals surface area contributed by atoms with Gasteiger partial charge in [0.1, 0.15) is 12.4 Å². The number of hydrogen-bond donors (Lipinski definition) is 0. The Labute approximate surface area is 106 Å². The van der Waals surface area contributed by atoms with Crippen LogP contribution < -0.4 is 0 Å². The topological polar surface area (TPSA) is 30.7 Å². The van der Waals surface area contributed by atoms with E-state index in [0.29, 0.717) is 11.3 Å². The van der Waals surface area contributed by atoms with Crippen LogP contribution in [0.1, 0.15) is 24.1 Å². The maximum absolute atomic E-state index is 13.5. The summed E-state index contributed by atoms with van der Waals surface area (Å²) in [5.41, 5.74) is 0.738. The molecular formula is C12H11F4N3. The highest BCUT2D eigenvalue weighted by atomic mass is 19.4. The van der Waals surface area contributed by atoms with Crippen molar-refractivity contribution >= 4 is 0 Å². The normalized spacial score (nSPS) is 13.5. The second-order valence-electron chi connectivity index (χ2n) is 4.17. The average molecular weight is 273 g/mol. The Morgan fingerprint density at radius 3 is 2.68 bits per heavy atom. The van der Waals surface area contributed by atoms with Crippen molar-refractivity contribution in [1.29, 1.82) is 0 Å². The maximum atomic E-state index is 13.5. The van der Waals surface area contributed by atoms with Crippen LogP contribution >= 0.6 is 0 Å². The Hall–Kier alpha value is -1.92. The summed E-state index contributed by atoms with van der Waals surface area (Å²) in [4.78, 5) is 3.63. The molecule has 0 aromatic carbocycles. The Bertz CT molecular complexity index is 562. The largest absolute Gasteiger partial charge is 0.408 e. The van der Waals surface area contributed by atoms with Crippen molar-refractivity contribution in [2.24, 2.45) is 0 Å². The van der Waals surface area contributed by atoms with Crippen LogP contribution in [0.3, 0.4) is 0 Å². The second kappa shape index (κ2) is 4.99. The molecule has 0 aliphatic heterocycles. The van der Waals surface area contributed by atoms with E-state index in [0.717, 1.165) is 10.9 Å².